The number of rotatable bonds is 4. The first-order valence-corrected chi connectivity index (χ1v) is 11.1. The number of amides is 1. The minimum atomic E-state index is -5.08. The molecule has 2 aliphatic heterocycles. The maximum atomic E-state index is 12.8. The molecule has 0 bridgehead atoms. The lowest BCUT2D eigenvalue weighted by molar-refractivity contribution is -0.193. The zero-order valence-electron chi connectivity index (χ0n) is 19.2. The van der Waals surface area contributed by atoms with Gasteiger partial charge < -0.3 is 15.1 Å². The second-order valence-corrected chi connectivity index (χ2v) is 8.97. The molecule has 3 aliphatic rings. The molecule has 2 saturated heterocycles. The summed E-state index contributed by atoms with van der Waals surface area (Å²) in [5.74, 6) is -4.25. The molecule has 4 rings (SSSR count). The summed E-state index contributed by atoms with van der Waals surface area (Å²) < 4.78 is 63.5. The minimum absolute atomic E-state index is 0.0275. The number of likely N-dealkylation sites (tertiary alicyclic amines) is 2. The molecule has 1 aromatic rings. The third kappa shape index (κ3) is 8.95. The van der Waals surface area contributed by atoms with E-state index in [1.54, 1.807) is 0 Å². The van der Waals surface area contributed by atoms with E-state index in [9.17, 15) is 31.1 Å². The van der Waals surface area contributed by atoms with Crippen molar-refractivity contribution >= 4 is 17.8 Å². The molecule has 202 valence electrons. The summed E-state index contributed by atoms with van der Waals surface area (Å²) in [5, 5.41) is 14.2. The van der Waals surface area contributed by atoms with E-state index in [1.165, 1.54) is 18.4 Å². The fourth-order valence-corrected chi connectivity index (χ4v) is 4.03. The van der Waals surface area contributed by atoms with Crippen molar-refractivity contribution in [3.63, 3.8) is 0 Å². The van der Waals surface area contributed by atoms with E-state index >= 15 is 0 Å². The topological polar surface area (TPSA) is 111 Å². The van der Waals surface area contributed by atoms with Crippen LogP contribution in [0, 0.1) is 11.3 Å². The van der Waals surface area contributed by atoms with Gasteiger partial charge in [0.1, 0.15) is 0 Å². The summed E-state index contributed by atoms with van der Waals surface area (Å²) in [6, 6.07) is 4.13. The van der Waals surface area contributed by atoms with Crippen molar-refractivity contribution in [3.8, 4) is 0 Å². The molecular formula is C22H27F6N3O5. The Labute approximate surface area is 202 Å². The van der Waals surface area contributed by atoms with Gasteiger partial charge in [0.25, 0.3) is 0 Å². The van der Waals surface area contributed by atoms with E-state index in [1.807, 2.05) is 18.5 Å². The second kappa shape index (κ2) is 11.9. The van der Waals surface area contributed by atoms with Crippen LogP contribution in [0.25, 0.3) is 0 Å². The molecule has 2 N–H and O–H groups in total. The molecule has 36 heavy (non-hydrogen) atoms. The van der Waals surface area contributed by atoms with Crippen molar-refractivity contribution in [2.75, 3.05) is 26.2 Å². The molecule has 3 heterocycles. The Kier molecular flexibility index (Phi) is 9.69. The largest absolute Gasteiger partial charge is 0.490 e. The molecule has 0 radical (unpaired) electrons. The van der Waals surface area contributed by atoms with Crippen LogP contribution in [-0.2, 0) is 20.9 Å². The number of pyridine rings is 1. The van der Waals surface area contributed by atoms with Gasteiger partial charge in [0, 0.05) is 32.0 Å². The molecule has 1 amide bonds. The Bertz CT molecular complexity index is 874. The highest BCUT2D eigenvalue weighted by atomic mass is 19.4. The van der Waals surface area contributed by atoms with Crippen LogP contribution in [0.1, 0.15) is 37.7 Å². The van der Waals surface area contributed by atoms with Gasteiger partial charge in [-0.25, -0.2) is 9.59 Å². The third-order valence-corrected chi connectivity index (χ3v) is 6.20. The highest BCUT2D eigenvalue weighted by molar-refractivity contribution is 5.85. The molecule has 8 nitrogen and oxygen atoms in total. The normalized spacial score (nSPS) is 19.7. The molecule has 0 atom stereocenters. The van der Waals surface area contributed by atoms with Crippen LogP contribution in [0.4, 0.5) is 26.3 Å². The van der Waals surface area contributed by atoms with E-state index in [0.29, 0.717) is 5.91 Å². The molecule has 0 aromatic carbocycles. The van der Waals surface area contributed by atoms with Crippen molar-refractivity contribution in [2.45, 2.75) is 51.0 Å². The summed E-state index contributed by atoms with van der Waals surface area (Å²) in [5.41, 5.74) is 1.24. The van der Waals surface area contributed by atoms with Gasteiger partial charge in [0.05, 0.1) is 5.41 Å². The zero-order valence-corrected chi connectivity index (χ0v) is 19.2. The number of carboxylic acids is 2. The monoisotopic (exact) mass is 527 g/mol. The van der Waals surface area contributed by atoms with Crippen LogP contribution < -0.4 is 0 Å². The minimum Gasteiger partial charge on any atom is -0.475 e. The van der Waals surface area contributed by atoms with Crippen LogP contribution in [0.5, 0.6) is 0 Å². The molecule has 1 saturated carbocycles. The highest BCUT2D eigenvalue weighted by Gasteiger charge is 2.48. The van der Waals surface area contributed by atoms with Crippen LogP contribution in [0.2, 0.25) is 0 Å². The molecule has 1 aromatic heterocycles. The van der Waals surface area contributed by atoms with Gasteiger partial charge in [-0.05, 0) is 62.7 Å². The van der Waals surface area contributed by atoms with Gasteiger partial charge in [0.2, 0.25) is 5.91 Å². The number of carbonyl (C=O) groups excluding carboxylic acids is 1. The Morgan fingerprint density at radius 3 is 1.89 bits per heavy atom. The summed E-state index contributed by atoms with van der Waals surface area (Å²) in [6.07, 6.45) is -0.589. The molecule has 1 aliphatic carbocycles. The van der Waals surface area contributed by atoms with Crippen molar-refractivity contribution < 1.29 is 50.9 Å². The van der Waals surface area contributed by atoms with E-state index < -0.39 is 24.3 Å². The Morgan fingerprint density at radius 1 is 0.972 bits per heavy atom. The van der Waals surface area contributed by atoms with Crippen molar-refractivity contribution in [2.24, 2.45) is 11.3 Å². The summed E-state index contributed by atoms with van der Waals surface area (Å²) in [6.45, 7) is 5.07. The molecular weight excluding hydrogens is 500 g/mol. The maximum absolute atomic E-state index is 12.8. The summed E-state index contributed by atoms with van der Waals surface area (Å²) in [4.78, 5) is 39.4. The van der Waals surface area contributed by atoms with Gasteiger partial charge >= 0.3 is 24.3 Å². The number of aliphatic carboxylic acids is 2. The Balaban J connectivity index is 0.000000271. The van der Waals surface area contributed by atoms with Crippen LogP contribution in [0.3, 0.4) is 0 Å². The van der Waals surface area contributed by atoms with E-state index in [0.717, 1.165) is 57.9 Å². The lowest BCUT2D eigenvalue weighted by Crippen LogP contribution is -2.44. The van der Waals surface area contributed by atoms with Crippen LogP contribution >= 0.6 is 0 Å². The first-order valence-electron chi connectivity index (χ1n) is 11.1. The Hall–Kier alpha value is -2.90. The number of hydrogen-bond donors (Lipinski definition) is 2. The van der Waals surface area contributed by atoms with Gasteiger partial charge in [-0.3, -0.25) is 14.7 Å². The van der Waals surface area contributed by atoms with Crippen molar-refractivity contribution in [1.82, 2.24) is 14.8 Å². The summed E-state index contributed by atoms with van der Waals surface area (Å²) >= 11 is 0. The number of nitrogens with zero attached hydrogens (tertiary/aromatic N) is 3. The first kappa shape index (κ1) is 29.3. The average molecular weight is 527 g/mol. The number of hydrogen-bond acceptors (Lipinski definition) is 5. The standard InChI is InChI=1S/C18H25N3O.2C2HF3O2/c22-17-18(7-11-21(17)14-15-3-4-15)5-9-20(10-6-18)13-16-2-1-8-19-12-16;2*3-2(4,5)1(6)7/h1-2,8,12,15H,3-7,9-11,13-14H2;2*(H,6,7). The quantitative estimate of drug-likeness (QED) is 0.576. The lowest BCUT2D eigenvalue weighted by Gasteiger charge is -2.38. The number of piperidine rings is 1. The van der Waals surface area contributed by atoms with E-state index in [-0.39, 0.29) is 5.41 Å². The number of carboxylic acid groups (broad SMARTS) is 2. The zero-order chi connectivity index (χ0) is 27.1. The van der Waals surface area contributed by atoms with Crippen molar-refractivity contribution in [1.29, 1.82) is 0 Å². The molecule has 0 unspecified atom stereocenters. The predicted octanol–water partition coefficient (Wildman–Crippen LogP) is 3.57. The Morgan fingerprint density at radius 2 is 1.47 bits per heavy atom. The lowest BCUT2D eigenvalue weighted by atomic mass is 9.77. The van der Waals surface area contributed by atoms with Crippen molar-refractivity contribution in [3.05, 3.63) is 30.1 Å². The third-order valence-electron chi connectivity index (χ3n) is 6.20. The molecule has 3 fully saturated rings. The van der Waals surface area contributed by atoms with Gasteiger partial charge in [0.15, 0.2) is 0 Å². The number of carbonyl (C=O) groups is 3. The number of aromatic nitrogens is 1. The second-order valence-electron chi connectivity index (χ2n) is 8.97. The number of halogens is 6. The molecule has 1 spiro atoms. The highest BCUT2D eigenvalue weighted by Crippen LogP contribution is 2.43. The van der Waals surface area contributed by atoms with Gasteiger partial charge in [-0.2, -0.15) is 26.3 Å². The van der Waals surface area contributed by atoms with Gasteiger partial charge in [-0.15, -0.1) is 0 Å². The number of alkyl halides is 6. The maximum Gasteiger partial charge on any atom is 0.490 e. The van der Waals surface area contributed by atoms with E-state index in [4.69, 9.17) is 19.8 Å². The average Bonchev–Trinajstić information content (AvgIpc) is 3.57. The SMILES string of the molecule is O=C(O)C(F)(F)F.O=C(O)C(F)(F)F.O=C1N(CC2CC2)CCC12CCN(Cc1cccnc1)CC2. The summed E-state index contributed by atoms with van der Waals surface area (Å²) in [7, 11) is 0. The van der Waals surface area contributed by atoms with Gasteiger partial charge in [-0.1, -0.05) is 6.07 Å². The fraction of sp³-hybridized carbons (Fsp3) is 0.636. The predicted molar refractivity (Wildman–Crippen MR) is 112 cm³/mol. The molecule has 14 heteroatoms. The smallest absolute Gasteiger partial charge is 0.475 e. The van der Waals surface area contributed by atoms with E-state index in [2.05, 4.69) is 20.9 Å². The van der Waals surface area contributed by atoms with Crippen LogP contribution in [-0.4, -0.2) is 81.4 Å². The van der Waals surface area contributed by atoms with Crippen LogP contribution in [0.15, 0.2) is 24.5 Å². The fourth-order valence-electron chi connectivity index (χ4n) is 4.03. The first-order chi connectivity index (χ1) is 16.6.